The van der Waals surface area contributed by atoms with E-state index in [-0.39, 0.29) is 18.0 Å². The van der Waals surface area contributed by atoms with Crippen molar-refractivity contribution >= 4 is 23.3 Å². The van der Waals surface area contributed by atoms with Crippen molar-refractivity contribution in [3.8, 4) is 0 Å². The maximum atomic E-state index is 12.7. The maximum Gasteiger partial charge on any atom is 0.319 e. The summed E-state index contributed by atoms with van der Waals surface area (Å²) in [6, 6.07) is 17.5. The van der Waals surface area contributed by atoms with Crippen LogP contribution >= 0.6 is 0 Å². The molecule has 0 aliphatic carbocycles. The van der Waals surface area contributed by atoms with Crippen molar-refractivity contribution < 1.29 is 9.59 Å². The second kappa shape index (κ2) is 8.44. The van der Waals surface area contributed by atoms with Crippen molar-refractivity contribution in [1.82, 2.24) is 10.2 Å². The molecule has 0 spiro atoms. The molecule has 6 heteroatoms. The number of rotatable bonds is 4. The fourth-order valence-electron chi connectivity index (χ4n) is 3.98. The zero-order valence-corrected chi connectivity index (χ0v) is 15.9. The zero-order valence-electron chi connectivity index (χ0n) is 15.9. The van der Waals surface area contributed by atoms with Gasteiger partial charge in [0.1, 0.15) is 0 Å². The molecule has 2 aromatic carbocycles. The molecule has 0 saturated carbocycles. The number of hydrogen-bond acceptors (Lipinski definition) is 3. The topological polar surface area (TPSA) is 64.7 Å². The van der Waals surface area contributed by atoms with Crippen molar-refractivity contribution in [2.75, 3.05) is 36.4 Å². The molecule has 0 radical (unpaired) electrons. The first-order chi connectivity index (χ1) is 13.7. The lowest BCUT2D eigenvalue weighted by atomic mass is 10.1. The minimum Gasteiger partial charge on any atom is -0.335 e. The highest BCUT2D eigenvalue weighted by Gasteiger charge is 2.27. The lowest BCUT2D eigenvalue weighted by molar-refractivity contribution is -0.119. The second-order valence-corrected chi connectivity index (χ2v) is 7.44. The SMILES string of the molecule is O=C(Nc1ccccc1)NC1CCN(CC(=O)N2CCc3ccccc32)CC1. The van der Waals surface area contributed by atoms with E-state index >= 15 is 0 Å². The van der Waals surface area contributed by atoms with Crippen LogP contribution in [0.1, 0.15) is 18.4 Å². The molecule has 1 fully saturated rings. The predicted octanol–water partition coefficient (Wildman–Crippen LogP) is 2.86. The van der Waals surface area contributed by atoms with Crippen LogP contribution in [0, 0.1) is 0 Å². The van der Waals surface area contributed by atoms with Gasteiger partial charge in [-0.1, -0.05) is 36.4 Å². The summed E-state index contributed by atoms with van der Waals surface area (Å²) in [7, 11) is 0. The first-order valence-corrected chi connectivity index (χ1v) is 9.92. The van der Waals surface area contributed by atoms with Crippen LogP contribution in [-0.2, 0) is 11.2 Å². The lowest BCUT2D eigenvalue weighted by Gasteiger charge is -2.32. The van der Waals surface area contributed by atoms with Gasteiger partial charge in [0.05, 0.1) is 6.54 Å². The molecule has 0 unspecified atom stereocenters. The van der Waals surface area contributed by atoms with E-state index in [1.807, 2.05) is 53.4 Å². The number of carbonyl (C=O) groups excluding carboxylic acids is 2. The summed E-state index contributed by atoms with van der Waals surface area (Å²) in [6.45, 7) is 2.85. The number of anilines is 2. The van der Waals surface area contributed by atoms with Crippen LogP contribution in [0.3, 0.4) is 0 Å². The van der Waals surface area contributed by atoms with E-state index in [9.17, 15) is 9.59 Å². The standard InChI is InChI=1S/C22H26N4O2/c27-21(26-15-10-17-6-4-5-9-20(17)26)16-25-13-11-19(12-14-25)24-22(28)23-18-7-2-1-3-8-18/h1-9,19H,10-16H2,(H2,23,24,28). The first kappa shape index (κ1) is 18.5. The summed E-state index contributed by atoms with van der Waals surface area (Å²) in [6.07, 6.45) is 2.64. The lowest BCUT2D eigenvalue weighted by Crippen LogP contribution is -2.48. The molecule has 2 heterocycles. The number of hydrogen-bond donors (Lipinski definition) is 2. The molecule has 6 nitrogen and oxygen atoms in total. The third-order valence-electron chi connectivity index (χ3n) is 5.50. The molecule has 2 aromatic rings. The maximum absolute atomic E-state index is 12.7. The van der Waals surface area contributed by atoms with Crippen molar-refractivity contribution in [3.05, 3.63) is 60.2 Å². The van der Waals surface area contributed by atoms with Gasteiger partial charge in [-0.2, -0.15) is 0 Å². The monoisotopic (exact) mass is 378 g/mol. The Balaban J connectivity index is 1.22. The Morgan fingerprint density at radius 1 is 0.929 bits per heavy atom. The minimum absolute atomic E-state index is 0.141. The molecule has 4 rings (SSSR count). The highest BCUT2D eigenvalue weighted by atomic mass is 16.2. The molecular weight excluding hydrogens is 352 g/mol. The van der Waals surface area contributed by atoms with Gasteiger partial charge in [-0.3, -0.25) is 9.69 Å². The van der Waals surface area contributed by atoms with Crippen LogP contribution in [-0.4, -0.2) is 49.1 Å². The number of piperidine rings is 1. The normalized spacial score (nSPS) is 17.2. The quantitative estimate of drug-likeness (QED) is 0.860. The van der Waals surface area contributed by atoms with E-state index in [1.165, 1.54) is 5.56 Å². The number of urea groups is 1. The number of likely N-dealkylation sites (tertiary alicyclic amines) is 1. The van der Waals surface area contributed by atoms with Crippen LogP contribution in [0.15, 0.2) is 54.6 Å². The van der Waals surface area contributed by atoms with Gasteiger partial charge >= 0.3 is 6.03 Å². The molecule has 2 aliphatic rings. The fraction of sp³-hybridized carbons (Fsp3) is 0.364. The summed E-state index contributed by atoms with van der Waals surface area (Å²) in [5.41, 5.74) is 3.10. The van der Waals surface area contributed by atoms with Gasteiger partial charge < -0.3 is 15.5 Å². The first-order valence-electron chi connectivity index (χ1n) is 9.92. The molecule has 2 aliphatic heterocycles. The fourth-order valence-corrected chi connectivity index (χ4v) is 3.98. The van der Waals surface area contributed by atoms with Gasteiger partial charge in [0.25, 0.3) is 0 Å². The molecular formula is C22H26N4O2. The summed E-state index contributed by atoms with van der Waals surface area (Å²) >= 11 is 0. The van der Waals surface area contributed by atoms with Crippen LogP contribution in [0.4, 0.5) is 16.2 Å². The summed E-state index contributed by atoms with van der Waals surface area (Å²) in [4.78, 5) is 29.0. The van der Waals surface area contributed by atoms with Crippen LogP contribution < -0.4 is 15.5 Å². The Bertz CT molecular complexity index is 831. The van der Waals surface area contributed by atoms with E-state index in [1.54, 1.807) is 0 Å². The number of para-hydroxylation sites is 2. The second-order valence-electron chi connectivity index (χ2n) is 7.44. The van der Waals surface area contributed by atoms with E-state index in [4.69, 9.17) is 0 Å². The molecule has 0 bridgehead atoms. The molecule has 1 saturated heterocycles. The van der Waals surface area contributed by atoms with Crippen LogP contribution in [0.25, 0.3) is 0 Å². The number of amides is 3. The molecule has 0 atom stereocenters. The van der Waals surface area contributed by atoms with Crippen LogP contribution in [0.5, 0.6) is 0 Å². The average molecular weight is 378 g/mol. The Labute approximate surface area is 165 Å². The zero-order chi connectivity index (χ0) is 19.3. The number of carbonyl (C=O) groups is 2. The van der Waals surface area contributed by atoms with Gasteiger partial charge in [-0.25, -0.2) is 4.79 Å². The van der Waals surface area contributed by atoms with Crippen molar-refractivity contribution in [2.24, 2.45) is 0 Å². The summed E-state index contributed by atoms with van der Waals surface area (Å²) in [5, 5.41) is 5.89. The highest BCUT2D eigenvalue weighted by Crippen LogP contribution is 2.27. The van der Waals surface area contributed by atoms with Gasteiger partial charge in [0.15, 0.2) is 0 Å². The predicted molar refractivity (Wildman–Crippen MR) is 111 cm³/mol. The minimum atomic E-state index is -0.172. The molecule has 3 amide bonds. The van der Waals surface area contributed by atoms with E-state index in [0.29, 0.717) is 6.54 Å². The molecule has 28 heavy (non-hydrogen) atoms. The molecule has 2 N–H and O–H groups in total. The Hall–Kier alpha value is -2.86. The Morgan fingerprint density at radius 2 is 1.64 bits per heavy atom. The van der Waals surface area contributed by atoms with E-state index in [2.05, 4.69) is 21.6 Å². The molecule has 0 aromatic heterocycles. The number of nitrogens with one attached hydrogen (secondary N) is 2. The third kappa shape index (κ3) is 4.34. The van der Waals surface area contributed by atoms with Crippen molar-refractivity contribution in [1.29, 1.82) is 0 Å². The Morgan fingerprint density at radius 3 is 2.43 bits per heavy atom. The van der Waals surface area contributed by atoms with E-state index in [0.717, 1.165) is 50.3 Å². The number of benzene rings is 2. The Kier molecular flexibility index (Phi) is 5.58. The third-order valence-corrected chi connectivity index (χ3v) is 5.50. The smallest absolute Gasteiger partial charge is 0.319 e. The van der Waals surface area contributed by atoms with Gasteiger partial charge in [0.2, 0.25) is 5.91 Å². The summed E-state index contributed by atoms with van der Waals surface area (Å²) < 4.78 is 0. The average Bonchev–Trinajstić information content (AvgIpc) is 3.14. The number of nitrogens with zero attached hydrogens (tertiary/aromatic N) is 2. The van der Waals surface area contributed by atoms with Crippen molar-refractivity contribution in [3.63, 3.8) is 0 Å². The van der Waals surface area contributed by atoms with Gasteiger partial charge in [-0.15, -0.1) is 0 Å². The summed E-state index contributed by atoms with van der Waals surface area (Å²) in [5.74, 6) is 0.165. The van der Waals surface area contributed by atoms with Crippen molar-refractivity contribution in [2.45, 2.75) is 25.3 Å². The highest BCUT2D eigenvalue weighted by molar-refractivity contribution is 5.96. The molecule has 146 valence electrons. The number of fused-ring (bicyclic) bond motifs is 1. The van der Waals surface area contributed by atoms with Gasteiger partial charge in [-0.05, 0) is 43.0 Å². The van der Waals surface area contributed by atoms with E-state index < -0.39 is 0 Å². The largest absolute Gasteiger partial charge is 0.335 e. The van der Waals surface area contributed by atoms with Crippen LogP contribution in [0.2, 0.25) is 0 Å². The van der Waals surface area contributed by atoms with Gasteiger partial charge in [0, 0.05) is 37.1 Å².